The van der Waals surface area contributed by atoms with Crippen molar-refractivity contribution in [1.82, 2.24) is 0 Å². The van der Waals surface area contributed by atoms with Gasteiger partial charge in [-0.15, -0.1) is 0 Å². The van der Waals surface area contributed by atoms with Crippen molar-refractivity contribution in [3.8, 4) is 5.75 Å². The first-order chi connectivity index (χ1) is 10.5. The van der Waals surface area contributed by atoms with E-state index in [-0.39, 0.29) is 11.5 Å². The van der Waals surface area contributed by atoms with Crippen molar-refractivity contribution in [2.24, 2.45) is 11.3 Å². The zero-order chi connectivity index (χ0) is 15.9. The van der Waals surface area contributed by atoms with Crippen molar-refractivity contribution in [2.45, 2.75) is 32.3 Å². The molecule has 0 spiro atoms. The van der Waals surface area contributed by atoms with Crippen LogP contribution < -0.4 is 4.74 Å². The van der Waals surface area contributed by atoms with Crippen LogP contribution in [-0.4, -0.2) is 18.3 Å². The Morgan fingerprint density at radius 2 is 2.23 bits per heavy atom. The van der Waals surface area contributed by atoms with Crippen LogP contribution in [0.5, 0.6) is 5.75 Å². The van der Waals surface area contributed by atoms with Gasteiger partial charge in [0, 0.05) is 26.1 Å². The van der Waals surface area contributed by atoms with E-state index < -0.39 is 0 Å². The van der Waals surface area contributed by atoms with Crippen LogP contribution in [-0.2, 0) is 0 Å². The first kappa shape index (κ1) is 16.4. The van der Waals surface area contributed by atoms with Gasteiger partial charge in [-0.2, -0.15) is 0 Å². The summed E-state index contributed by atoms with van der Waals surface area (Å²) in [5, 5.41) is 10.2. The van der Waals surface area contributed by atoms with Crippen LogP contribution in [0.3, 0.4) is 0 Å². The first-order valence-electron chi connectivity index (χ1n) is 7.52. The fourth-order valence-electron chi connectivity index (χ4n) is 4.08. The second-order valence-corrected chi connectivity index (χ2v) is 8.58. The summed E-state index contributed by atoms with van der Waals surface area (Å²) in [6.07, 6.45) is 2.54. The smallest absolute Gasteiger partial charge is 0.119 e. The molecule has 3 rings (SSSR count). The molecule has 1 N–H and O–H groups in total. The molecule has 0 saturated heterocycles. The Balaban J connectivity index is 2.08. The number of allylic oxidation sites excluding steroid dienone is 3. The van der Waals surface area contributed by atoms with Gasteiger partial charge < -0.3 is 9.84 Å². The summed E-state index contributed by atoms with van der Waals surface area (Å²) >= 11 is 2.37. The van der Waals surface area contributed by atoms with Crippen LogP contribution in [0.25, 0.3) is 5.57 Å². The first-order valence-corrected chi connectivity index (χ1v) is 10.9. The third-order valence-electron chi connectivity index (χ3n) is 5.09. The summed E-state index contributed by atoms with van der Waals surface area (Å²) in [6.45, 7) is 6.72. The van der Waals surface area contributed by atoms with Gasteiger partial charge in [0.25, 0.3) is 0 Å². The quantitative estimate of drug-likeness (QED) is 0.669. The maximum atomic E-state index is 10.2. The van der Waals surface area contributed by atoms with Crippen LogP contribution in [0.2, 0.25) is 0 Å². The predicted molar refractivity (Wildman–Crippen MR) is 102 cm³/mol. The molecule has 0 amide bonds. The maximum absolute atomic E-state index is 10.2. The Kier molecular flexibility index (Phi) is 4.63. The molecule has 1 fully saturated rings. The Morgan fingerprint density at radius 1 is 1.45 bits per heavy atom. The summed E-state index contributed by atoms with van der Waals surface area (Å²) in [7, 11) is 3.48. The third-order valence-corrected chi connectivity index (χ3v) is 7.22. The van der Waals surface area contributed by atoms with E-state index in [1.54, 1.807) is 16.0 Å². The van der Waals surface area contributed by atoms with Crippen molar-refractivity contribution < 1.29 is 9.84 Å². The molecule has 1 aromatic carbocycles. The van der Waals surface area contributed by atoms with Crippen LogP contribution in [0.15, 0.2) is 41.3 Å². The van der Waals surface area contributed by atoms with Gasteiger partial charge in [-0.25, -0.2) is 0 Å². The lowest BCUT2D eigenvalue weighted by Gasteiger charge is -2.39. The molecule has 0 aliphatic heterocycles. The molecule has 0 aromatic heterocycles. The second-order valence-electron chi connectivity index (χ2n) is 6.61. The maximum Gasteiger partial charge on any atom is 0.119 e. The highest BCUT2D eigenvalue weighted by atomic mass is 127. The number of aliphatic hydroxyl groups is 1. The number of halogens is 1. The lowest BCUT2D eigenvalue weighted by atomic mass is 9.67. The van der Waals surface area contributed by atoms with Crippen LogP contribution in [0, 0.1) is 11.3 Å². The minimum atomic E-state index is -0.197. The number of rotatable bonds is 3. The highest BCUT2D eigenvalue weighted by Gasteiger charge is 2.48. The van der Waals surface area contributed by atoms with E-state index in [0.29, 0.717) is 5.92 Å². The summed E-state index contributed by atoms with van der Waals surface area (Å²) in [5.74, 6) is 1.24. The lowest BCUT2D eigenvalue weighted by molar-refractivity contribution is 0.163. The monoisotopic (exact) mass is 428 g/mol. The third kappa shape index (κ3) is 2.74. The topological polar surface area (TPSA) is 29.5 Å². The van der Waals surface area contributed by atoms with Gasteiger partial charge in [0.1, 0.15) is 5.75 Å². The van der Waals surface area contributed by atoms with E-state index in [0.717, 1.165) is 25.0 Å². The van der Waals surface area contributed by atoms with Gasteiger partial charge >= 0.3 is 0 Å². The number of aliphatic hydroxyl groups excluding tert-OH is 1. The lowest BCUT2D eigenvalue weighted by Crippen LogP contribution is -2.28. The molecule has 118 valence electrons. The van der Waals surface area contributed by atoms with E-state index in [2.05, 4.69) is 46.8 Å². The zero-order valence-corrected chi connectivity index (χ0v) is 15.9. The van der Waals surface area contributed by atoms with Crippen molar-refractivity contribution >= 4 is 35.7 Å². The molecule has 0 bridgehead atoms. The van der Waals surface area contributed by atoms with Crippen molar-refractivity contribution in [3.63, 3.8) is 0 Å². The fourth-order valence-corrected chi connectivity index (χ4v) is 5.92. The average Bonchev–Trinajstić information content (AvgIpc) is 2.81. The average molecular weight is 428 g/mol. The van der Waals surface area contributed by atoms with Crippen molar-refractivity contribution in [2.75, 3.05) is 7.11 Å². The molecule has 4 heteroatoms. The Labute approximate surface area is 148 Å². The van der Waals surface area contributed by atoms with Gasteiger partial charge in [0.15, 0.2) is 0 Å². The Bertz CT molecular complexity index is 640. The van der Waals surface area contributed by atoms with Crippen LogP contribution >= 0.6 is 30.1 Å². The molecule has 0 radical (unpaired) electrons. The molecule has 1 saturated carbocycles. The molecule has 22 heavy (non-hydrogen) atoms. The largest absolute Gasteiger partial charge is 0.497 e. The van der Waals surface area contributed by atoms with E-state index in [1.807, 2.05) is 12.1 Å². The van der Waals surface area contributed by atoms with E-state index >= 15 is 0 Å². The molecule has 2 aliphatic rings. The minimum absolute atomic E-state index is 0.145. The Morgan fingerprint density at radius 3 is 2.91 bits per heavy atom. The highest BCUT2D eigenvalue weighted by Crippen LogP contribution is 2.59. The number of ether oxygens (including phenoxy) is 1. The SMILES string of the molecule is C=C1C(c2cccc(OC)c2)=C(SI)C[C@@]2(C)C[C@@H](O)C[C@H]12. The number of fused-ring (bicyclic) bond motifs is 1. The summed E-state index contributed by atoms with van der Waals surface area (Å²) in [5.41, 5.74) is 3.76. The highest BCUT2D eigenvalue weighted by molar-refractivity contribution is 14.2. The Hall–Kier alpha value is -0.460. The van der Waals surface area contributed by atoms with Gasteiger partial charge in [-0.3, -0.25) is 0 Å². The van der Waals surface area contributed by atoms with E-state index in [4.69, 9.17) is 4.74 Å². The van der Waals surface area contributed by atoms with Gasteiger partial charge in [0.05, 0.1) is 13.2 Å². The molecule has 3 atom stereocenters. The molecule has 0 unspecified atom stereocenters. The normalized spacial score (nSPS) is 31.4. The molecular weight excluding hydrogens is 407 g/mol. The van der Waals surface area contributed by atoms with Crippen LogP contribution in [0.1, 0.15) is 31.7 Å². The summed E-state index contributed by atoms with van der Waals surface area (Å²) in [4.78, 5) is 1.37. The predicted octanol–water partition coefficient (Wildman–Crippen LogP) is 5.23. The van der Waals surface area contributed by atoms with Crippen molar-refractivity contribution in [3.05, 3.63) is 46.9 Å². The molecule has 1 aromatic rings. The minimum Gasteiger partial charge on any atom is -0.497 e. The van der Waals surface area contributed by atoms with Gasteiger partial charge in [-0.1, -0.05) is 34.6 Å². The fraction of sp³-hybridized carbons (Fsp3) is 0.444. The zero-order valence-electron chi connectivity index (χ0n) is 12.9. The van der Waals surface area contributed by atoms with Gasteiger partial charge in [-0.05, 0) is 59.4 Å². The number of hydrogen-bond acceptors (Lipinski definition) is 3. The molecule has 2 nitrogen and oxygen atoms in total. The number of methoxy groups -OCH3 is 1. The second kappa shape index (κ2) is 6.21. The molecular formula is C18H21IO2S. The van der Waals surface area contributed by atoms with E-state index in [9.17, 15) is 5.11 Å². The summed E-state index contributed by atoms with van der Waals surface area (Å²) in [6, 6.07) is 8.21. The molecule has 2 aliphatic carbocycles. The van der Waals surface area contributed by atoms with E-state index in [1.165, 1.54) is 21.6 Å². The molecule has 0 heterocycles. The van der Waals surface area contributed by atoms with Crippen LogP contribution in [0.4, 0.5) is 0 Å². The van der Waals surface area contributed by atoms with Crippen molar-refractivity contribution in [1.29, 1.82) is 0 Å². The standard InChI is InChI=1S/C18H21IO2S/c1-11-15-8-13(20)9-18(15,2)10-16(22-19)17(11)12-5-4-6-14(7-12)21-3/h4-7,13,15,20H,1,8-10H2,2-3H3/t13-,15+,18+/m0/s1. The summed E-state index contributed by atoms with van der Waals surface area (Å²) < 4.78 is 5.37. The number of hydrogen-bond donors (Lipinski definition) is 1. The number of benzene rings is 1. The van der Waals surface area contributed by atoms with Gasteiger partial charge in [0.2, 0.25) is 0 Å².